The first-order valence-corrected chi connectivity index (χ1v) is 16.0. The normalized spacial score (nSPS) is 17.2. The number of carbonyl (C=O) groups is 1. The van der Waals surface area contributed by atoms with Crippen LogP contribution in [0.15, 0.2) is 95.9 Å². The number of hydrogen-bond donors (Lipinski definition) is 1. The van der Waals surface area contributed by atoms with Gasteiger partial charge in [-0.25, -0.2) is 4.98 Å². The fraction of sp³-hybridized carbons (Fsp3) is 0.294. The number of carbonyl (C=O) groups excluding carboxylic acids is 1. The van der Waals surface area contributed by atoms with Gasteiger partial charge in [0.15, 0.2) is 0 Å². The molecule has 45 heavy (non-hydrogen) atoms. The second-order valence-electron chi connectivity index (χ2n) is 11.8. The van der Waals surface area contributed by atoms with Crippen molar-refractivity contribution in [2.45, 2.75) is 63.1 Å². The Bertz CT molecular complexity index is 1760. The zero-order chi connectivity index (χ0) is 33.2. The summed E-state index contributed by atoms with van der Waals surface area (Å²) in [6.07, 6.45) is -3.61. The van der Waals surface area contributed by atoms with Gasteiger partial charge in [0, 0.05) is 27.7 Å². The van der Waals surface area contributed by atoms with Crippen LogP contribution < -0.4 is 4.90 Å². The highest BCUT2D eigenvalue weighted by Crippen LogP contribution is 2.45. The highest BCUT2D eigenvalue weighted by Gasteiger charge is 2.44. The second kappa shape index (κ2) is 13.3. The van der Waals surface area contributed by atoms with Crippen molar-refractivity contribution in [3.63, 3.8) is 0 Å². The molecule has 1 N–H and O–H groups in total. The van der Waals surface area contributed by atoms with Crippen LogP contribution in [0.1, 0.15) is 60.8 Å². The molecule has 1 aliphatic rings. The van der Waals surface area contributed by atoms with Crippen molar-refractivity contribution in [3.8, 4) is 0 Å². The van der Waals surface area contributed by atoms with Gasteiger partial charge in [0.1, 0.15) is 5.69 Å². The van der Waals surface area contributed by atoms with E-state index in [1.165, 1.54) is 18.2 Å². The summed E-state index contributed by atoms with van der Waals surface area (Å²) in [4.78, 5) is 19.3. The average Bonchev–Trinajstić information content (AvgIpc) is 3.28. The molecule has 1 aliphatic heterocycles. The van der Waals surface area contributed by atoms with E-state index in [1.807, 2.05) is 70.2 Å². The molecule has 4 aromatic rings. The molecule has 1 saturated heterocycles. The number of hydrogen-bond acceptors (Lipinski definition) is 4. The van der Waals surface area contributed by atoms with Gasteiger partial charge in [-0.2, -0.15) is 21.6 Å². The van der Waals surface area contributed by atoms with Gasteiger partial charge >= 0.3 is 6.18 Å². The van der Waals surface area contributed by atoms with Crippen LogP contribution in [0, 0.1) is 19.8 Å². The third-order valence-electron chi connectivity index (χ3n) is 7.76. The lowest BCUT2D eigenvalue weighted by atomic mass is 9.78. The number of aromatic nitrogens is 1. The van der Waals surface area contributed by atoms with E-state index < -0.39 is 27.4 Å². The summed E-state index contributed by atoms with van der Waals surface area (Å²) in [5.41, 5.74) is 2.43. The Morgan fingerprint density at radius 3 is 2.00 bits per heavy atom. The van der Waals surface area contributed by atoms with Crippen LogP contribution >= 0.6 is 11.6 Å². The van der Waals surface area contributed by atoms with E-state index >= 15 is 0 Å². The molecule has 1 amide bonds. The third-order valence-corrected chi connectivity index (χ3v) is 8.86. The Hall–Kier alpha value is -3.73. The zero-order valence-electron chi connectivity index (χ0n) is 25.2. The molecule has 5 rings (SSSR count). The molecule has 6 nitrogen and oxygen atoms in total. The van der Waals surface area contributed by atoms with E-state index in [1.54, 1.807) is 29.2 Å². The van der Waals surface area contributed by atoms with Crippen LogP contribution in [-0.2, 0) is 26.5 Å². The van der Waals surface area contributed by atoms with E-state index in [0.29, 0.717) is 23.6 Å². The highest BCUT2D eigenvalue weighted by atomic mass is 35.5. The van der Waals surface area contributed by atoms with Crippen LogP contribution in [0.5, 0.6) is 0 Å². The summed E-state index contributed by atoms with van der Waals surface area (Å²) in [5, 5.41) is 0.589. The third kappa shape index (κ3) is 8.51. The van der Waals surface area contributed by atoms with Crippen molar-refractivity contribution >= 4 is 33.3 Å². The van der Waals surface area contributed by atoms with Crippen LogP contribution in [0.25, 0.3) is 0 Å². The van der Waals surface area contributed by atoms with Crippen LogP contribution in [0.4, 0.5) is 18.9 Å². The van der Waals surface area contributed by atoms with Gasteiger partial charge < -0.3 is 4.90 Å². The largest absolute Gasteiger partial charge is 0.433 e. The Kier molecular flexibility index (Phi) is 10.1. The Labute approximate surface area is 266 Å². The van der Waals surface area contributed by atoms with Gasteiger partial charge in [-0.3, -0.25) is 9.35 Å². The maximum Gasteiger partial charge on any atom is 0.433 e. The fourth-order valence-electron chi connectivity index (χ4n) is 5.41. The van der Waals surface area contributed by atoms with Crippen LogP contribution in [0.2, 0.25) is 5.02 Å². The SMILES string of the molecule is Cc1ccc(N2C(=O)[C@H](CC(C)(C)c3cccc(C(F)(F)F)n3)C[C@@H]2c2cccc(Cl)c2)cc1.Cc1ccc(S(=O)(=O)O)cc1. The number of benzene rings is 3. The van der Waals surface area contributed by atoms with E-state index in [2.05, 4.69) is 4.98 Å². The number of halogens is 4. The van der Waals surface area contributed by atoms with Gasteiger partial charge in [-0.15, -0.1) is 0 Å². The first kappa shape index (κ1) is 34.1. The number of pyridine rings is 1. The smallest absolute Gasteiger partial charge is 0.305 e. The van der Waals surface area contributed by atoms with E-state index in [-0.39, 0.29) is 22.8 Å². The minimum atomic E-state index is -4.52. The van der Waals surface area contributed by atoms with Crippen molar-refractivity contribution < 1.29 is 30.9 Å². The predicted octanol–water partition coefficient (Wildman–Crippen LogP) is 8.77. The summed E-state index contributed by atoms with van der Waals surface area (Å²) < 4.78 is 69.2. The zero-order valence-corrected chi connectivity index (χ0v) is 26.8. The van der Waals surface area contributed by atoms with Gasteiger partial charge in [0.05, 0.1) is 10.9 Å². The summed E-state index contributed by atoms with van der Waals surface area (Å²) in [5.74, 6) is -0.425. The molecule has 0 radical (unpaired) electrons. The van der Waals surface area contributed by atoms with E-state index in [9.17, 15) is 26.4 Å². The molecule has 3 aromatic carbocycles. The maximum atomic E-state index is 13.7. The monoisotopic (exact) mass is 658 g/mol. The number of alkyl halides is 3. The van der Waals surface area contributed by atoms with Gasteiger partial charge in [0.25, 0.3) is 10.1 Å². The lowest BCUT2D eigenvalue weighted by Gasteiger charge is -2.27. The molecule has 2 atom stereocenters. The molecule has 1 fully saturated rings. The number of nitrogens with zero attached hydrogens (tertiary/aromatic N) is 2. The molecule has 0 saturated carbocycles. The molecule has 11 heteroatoms. The van der Waals surface area contributed by atoms with Crippen molar-refractivity contribution in [2.75, 3.05) is 4.90 Å². The Balaban J connectivity index is 0.000000354. The van der Waals surface area contributed by atoms with Gasteiger partial charge in [0.2, 0.25) is 5.91 Å². The van der Waals surface area contributed by atoms with Crippen LogP contribution in [-0.4, -0.2) is 23.9 Å². The number of rotatable bonds is 6. The molecule has 0 spiro atoms. The summed E-state index contributed by atoms with van der Waals surface area (Å²) in [6.45, 7) is 7.50. The van der Waals surface area contributed by atoms with Crippen molar-refractivity contribution in [1.29, 1.82) is 0 Å². The van der Waals surface area contributed by atoms with Crippen molar-refractivity contribution in [1.82, 2.24) is 4.98 Å². The number of amides is 1. The van der Waals surface area contributed by atoms with E-state index in [0.717, 1.165) is 28.4 Å². The lowest BCUT2D eigenvalue weighted by molar-refractivity contribution is -0.141. The summed E-state index contributed by atoms with van der Waals surface area (Å²) >= 11 is 6.25. The quantitative estimate of drug-likeness (QED) is 0.209. The molecule has 0 aliphatic carbocycles. The summed E-state index contributed by atoms with van der Waals surface area (Å²) in [6, 6.07) is 24.9. The molecule has 1 aromatic heterocycles. The van der Waals surface area contributed by atoms with Gasteiger partial charge in [-0.05, 0) is 80.8 Å². The molecular weight excluding hydrogens is 625 g/mol. The maximum absolute atomic E-state index is 13.7. The van der Waals surface area contributed by atoms with Crippen LogP contribution in [0.3, 0.4) is 0 Å². The fourth-order valence-corrected chi connectivity index (χ4v) is 6.09. The lowest BCUT2D eigenvalue weighted by Crippen LogP contribution is -2.32. The topological polar surface area (TPSA) is 87.6 Å². The predicted molar refractivity (Wildman–Crippen MR) is 169 cm³/mol. The average molecular weight is 659 g/mol. The molecular formula is C34H34ClF3N2O4S. The Morgan fingerprint density at radius 1 is 0.889 bits per heavy atom. The first-order chi connectivity index (χ1) is 21.0. The van der Waals surface area contributed by atoms with Crippen molar-refractivity contribution in [3.05, 3.63) is 124 Å². The van der Waals surface area contributed by atoms with Gasteiger partial charge in [-0.1, -0.05) is 79.0 Å². The highest BCUT2D eigenvalue weighted by molar-refractivity contribution is 7.85. The molecule has 2 heterocycles. The molecule has 0 unspecified atom stereocenters. The first-order valence-electron chi connectivity index (χ1n) is 14.2. The number of anilines is 1. The minimum absolute atomic E-state index is 0.0473. The standard InChI is InChI=1S/C27H26ClF3N2O.C7H8O3S/c1-17-10-12-21(13-11-17)33-22(18-6-4-7-20(28)14-18)15-19(25(33)34)16-26(2,3)23-8-5-9-24(32-23)27(29,30)31;1-6-2-4-7(5-3-6)11(8,9)10/h4-14,19,22H,15-16H2,1-3H3;2-5H,1H3,(H,8,9,10)/t19-,22+;/m0./s1. The second-order valence-corrected chi connectivity index (χ2v) is 13.7. The molecule has 0 bridgehead atoms. The number of aryl methyl sites for hydroxylation is 2. The summed E-state index contributed by atoms with van der Waals surface area (Å²) in [7, 11) is -4.02. The molecule has 238 valence electrons. The Morgan fingerprint density at radius 2 is 1.44 bits per heavy atom. The van der Waals surface area contributed by atoms with E-state index in [4.69, 9.17) is 16.2 Å². The minimum Gasteiger partial charge on any atom is -0.305 e. The van der Waals surface area contributed by atoms with Crippen molar-refractivity contribution in [2.24, 2.45) is 5.92 Å².